The number of benzene rings is 1. The van der Waals surface area contributed by atoms with Gasteiger partial charge in [0.15, 0.2) is 5.57 Å². The molecule has 2 rings (SSSR count). The third-order valence-electron chi connectivity index (χ3n) is 3.46. The Labute approximate surface area is 146 Å². The number of carbonyl (C=O) groups excluding carboxylic acids is 1. The summed E-state index contributed by atoms with van der Waals surface area (Å²) in [7, 11) is 0. The molecule has 0 unspecified atom stereocenters. The third kappa shape index (κ3) is 3.72. The van der Waals surface area contributed by atoms with Gasteiger partial charge in [0.25, 0.3) is 0 Å². The van der Waals surface area contributed by atoms with Crippen LogP contribution in [0.25, 0.3) is 10.9 Å². The van der Waals surface area contributed by atoms with Gasteiger partial charge in [-0.3, -0.25) is 4.79 Å². The van der Waals surface area contributed by atoms with Gasteiger partial charge in [-0.2, -0.15) is 0 Å². The molecular weight excluding hydrogens is 344 g/mol. The van der Waals surface area contributed by atoms with Crippen molar-refractivity contribution in [3.63, 3.8) is 0 Å². The standard InChI is InChI=1S/C17H16N2O7/c1-3-26-17(25)10-6-19-13-9(14(10)20)4-8(2)5-12(13)18-7-11(15(21)22)16(23)24/h4-7,18H,3H2,1-2H3,(H,19,20)(H,21,22)(H,23,24). The van der Waals surface area contributed by atoms with Crippen molar-refractivity contribution in [3.05, 3.63) is 51.5 Å². The topological polar surface area (TPSA) is 146 Å². The van der Waals surface area contributed by atoms with Gasteiger partial charge in [-0.15, -0.1) is 0 Å². The van der Waals surface area contributed by atoms with E-state index in [1.54, 1.807) is 26.0 Å². The fraction of sp³-hybridized carbons (Fsp3) is 0.176. The highest BCUT2D eigenvalue weighted by atomic mass is 16.5. The molecule has 9 heteroatoms. The van der Waals surface area contributed by atoms with Crippen LogP contribution in [0.3, 0.4) is 0 Å². The Hall–Kier alpha value is -3.62. The molecule has 0 saturated heterocycles. The molecule has 0 spiro atoms. The summed E-state index contributed by atoms with van der Waals surface area (Å²) in [6.07, 6.45) is 2.01. The number of ether oxygens (including phenoxy) is 1. The van der Waals surface area contributed by atoms with Crippen molar-refractivity contribution in [3.8, 4) is 0 Å². The summed E-state index contributed by atoms with van der Waals surface area (Å²) in [5, 5.41) is 20.5. The number of aliphatic carboxylic acids is 2. The first-order valence-corrected chi connectivity index (χ1v) is 7.52. The molecule has 4 N–H and O–H groups in total. The highest BCUT2D eigenvalue weighted by Crippen LogP contribution is 2.22. The number of hydrogen-bond acceptors (Lipinski definition) is 6. The van der Waals surface area contributed by atoms with E-state index in [-0.39, 0.29) is 23.2 Å². The summed E-state index contributed by atoms with van der Waals surface area (Å²) in [5.41, 5.74) is -0.363. The number of pyridine rings is 1. The molecular formula is C17H16N2O7. The first kappa shape index (κ1) is 18.7. The number of hydrogen-bond donors (Lipinski definition) is 4. The number of carbonyl (C=O) groups is 3. The zero-order chi connectivity index (χ0) is 19.4. The van der Waals surface area contributed by atoms with E-state index in [1.165, 1.54) is 6.20 Å². The van der Waals surface area contributed by atoms with Crippen LogP contribution in [0.2, 0.25) is 0 Å². The van der Waals surface area contributed by atoms with Crippen molar-refractivity contribution >= 4 is 34.5 Å². The van der Waals surface area contributed by atoms with Gasteiger partial charge in [0.05, 0.1) is 17.8 Å². The SMILES string of the molecule is CCOC(=O)c1c[nH]c2c(NC=C(C(=O)O)C(=O)O)cc(C)cc2c1=O. The van der Waals surface area contributed by atoms with Gasteiger partial charge in [-0.05, 0) is 31.5 Å². The van der Waals surface area contributed by atoms with Gasteiger partial charge in [-0.1, -0.05) is 0 Å². The highest BCUT2D eigenvalue weighted by molar-refractivity contribution is 6.12. The van der Waals surface area contributed by atoms with Crippen LogP contribution in [0.15, 0.2) is 34.9 Å². The molecule has 0 saturated carbocycles. The van der Waals surface area contributed by atoms with E-state index < -0.39 is 28.9 Å². The number of rotatable bonds is 6. The minimum atomic E-state index is -1.61. The molecule has 0 fully saturated rings. The van der Waals surface area contributed by atoms with E-state index in [4.69, 9.17) is 14.9 Å². The number of aryl methyl sites for hydroxylation is 1. The van der Waals surface area contributed by atoms with E-state index in [2.05, 4.69) is 10.3 Å². The molecule has 0 radical (unpaired) electrons. The van der Waals surface area contributed by atoms with E-state index in [0.717, 1.165) is 6.20 Å². The number of nitrogens with one attached hydrogen (secondary N) is 2. The van der Waals surface area contributed by atoms with Gasteiger partial charge in [-0.25, -0.2) is 14.4 Å². The summed E-state index contributed by atoms with van der Waals surface area (Å²) in [6, 6.07) is 3.15. The van der Waals surface area contributed by atoms with Gasteiger partial charge in [0.2, 0.25) is 5.43 Å². The largest absolute Gasteiger partial charge is 0.477 e. The van der Waals surface area contributed by atoms with Gasteiger partial charge in [0, 0.05) is 17.8 Å². The zero-order valence-electron chi connectivity index (χ0n) is 14.0. The summed E-state index contributed by atoms with van der Waals surface area (Å²) in [6.45, 7) is 3.43. The summed E-state index contributed by atoms with van der Waals surface area (Å²) >= 11 is 0. The molecule has 2 aromatic rings. The second-order valence-electron chi connectivity index (χ2n) is 5.30. The van der Waals surface area contributed by atoms with Gasteiger partial charge < -0.3 is 25.3 Å². The Bertz CT molecular complexity index is 973. The average molecular weight is 360 g/mol. The molecule has 1 aromatic heterocycles. The number of H-pyrrole nitrogens is 1. The van der Waals surface area contributed by atoms with Gasteiger partial charge in [0.1, 0.15) is 5.56 Å². The Morgan fingerprint density at radius 1 is 1.23 bits per heavy atom. The summed E-state index contributed by atoms with van der Waals surface area (Å²) in [5.74, 6) is -3.98. The zero-order valence-corrected chi connectivity index (χ0v) is 14.0. The first-order valence-electron chi connectivity index (χ1n) is 7.52. The number of esters is 1. The molecule has 26 heavy (non-hydrogen) atoms. The second kappa shape index (κ2) is 7.51. The van der Waals surface area contributed by atoms with Crippen LogP contribution in [0.4, 0.5) is 5.69 Å². The maximum Gasteiger partial charge on any atom is 0.344 e. The number of anilines is 1. The molecule has 0 aliphatic heterocycles. The van der Waals surface area contributed by atoms with E-state index >= 15 is 0 Å². The van der Waals surface area contributed by atoms with Crippen LogP contribution in [0, 0.1) is 6.92 Å². The number of fused-ring (bicyclic) bond motifs is 1. The van der Waals surface area contributed by atoms with Crippen molar-refractivity contribution in [2.45, 2.75) is 13.8 Å². The van der Waals surface area contributed by atoms with Crippen molar-refractivity contribution in [1.29, 1.82) is 0 Å². The van der Waals surface area contributed by atoms with Crippen molar-refractivity contribution < 1.29 is 29.3 Å². The summed E-state index contributed by atoms with van der Waals surface area (Å²) in [4.78, 5) is 49.0. The molecule has 0 bridgehead atoms. The second-order valence-corrected chi connectivity index (χ2v) is 5.30. The van der Waals surface area contributed by atoms with E-state index in [1.807, 2.05) is 0 Å². The predicted octanol–water partition coefficient (Wildman–Crippen LogP) is 1.48. The first-order chi connectivity index (χ1) is 12.3. The fourth-order valence-electron chi connectivity index (χ4n) is 2.32. The number of aromatic nitrogens is 1. The maximum atomic E-state index is 12.6. The van der Waals surface area contributed by atoms with Crippen molar-refractivity contribution in [1.82, 2.24) is 4.98 Å². The van der Waals surface area contributed by atoms with Crippen LogP contribution >= 0.6 is 0 Å². The third-order valence-corrected chi connectivity index (χ3v) is 3.46. The van der Waals surface area contributed by atoms with Crippen LogP contribution in [-0.2, 0) is 14.3 Å². The number of aromatic amines is 1. The molecule has 1 aromatic carbocycles. The molecule has 1 heterocycles. The Balaban J connectivity index is 2.59. The summed E-state index contributed by atoms with van der Waals surface area (Å²) < 4.78 is 4.84. The predicted molar refractivity (Wildman–Crippen MR) is 92.2 cm³/mol. The van der Waals surface area contributed by atoms with Crippen LogP contribution < -0.4 is 10.7 Å². The smallest absolute Gasteiger partial charge is 0.344 e. The minimum Gasteiger partial charge on any atom is -0.477 e. The quantitative estimate of drug-likeness (QED) is 0.262. The molecule has 0 amide bonds. The molecule has 0 aliphatic rings. The van der Waals surface area contributed by atoms with Crippen molar-refractivity contribution in [2.24, 2.45) is 0 Å². The maximum absolute atomic E-state index is 12.6. The number of carboxylic acid groups (broad SMARTS) is 2. The Morgan fingerprint density at radius 3 is 2.46 bits per heavy atom. The molecule has 9 nitrogen and oxygen atoms in total. The van der Waals surface area contributed by atoms with Crippen LogP contribution in [-0.4, -0.2) is 39.7 Å². The normalized spacial score (nSPS) is 10.2. The Morgan fingerprint density at radius 2 is 1.88 bits per heavy atom. The Kier molecular flexibility index (Phi) is 5.41. The lowest BCUT2D eigenvalue weighted by Crippen LogP contribution is -2.18. The number of carboxylic acids is 2. The fourth-order valence-corrected chi connectivity index (χ4v) is 2.32. The van der Waals surface area contributed by atoms with Crippen LogP contribution in [0.1, 0.15) is 22.8 Å². The monoisotopic (exact) mass is 360 g/mol. The molecule has 0 atom stereocenters. The van der Waals surface area contributed by atoms with Crippen LogP contribution in [0.5, 0.6) is 0 Å². The highest BCUT2D eigenvalue weighted by Gasteiger charge is 2.18. The minimum absolute atomic E-state index is 0.120. The lowest BCUT2D eigenvalue weighted by molar-refractivity contribution is -0.140. The van der Waals surface area contributed by atoms with Gasteiger partial charge >= 0.3 is 17.9 Å². The molecule has 0 aliphatic carbocycles. The lowest BCUT2D eigenvalue weighted by atomic mass is 10.1. The molecule has 136 valence electrons. The van der Waals surface area contributed by atoms with E-state index in [9.17, 15) is 19.2 Å². The van der Waals surface area contributed by atoms with E-state index in [0.29, 0.717) is 11.1 Å². The van der Waals surface area contributed by atoms with Crippen molar-refractivity contribution in [2.75, 3.05) is 11.9 Å². The lowest BCUT2D eigenvalue weighted by Gasteiger charge is -2.10. The average Bonchev–Trinajstić information content (AvgIpc) is 2.55.